The Bertz CT molecular complexity index is 1100. The fourth-order valence-electron chi connectivity index (χ4n) is 4.15. The monoisotopic (exact) mass is 420 g/mol. The third kappa shape index (κ3) is 4.56. The molecule has 0 atom stereocenters. The molecule has 31 heavy (non-hydrogen) atoms. The summed E-state index contributed by atoms with van der Waals surface area (Å²) in [5.74, 6) is 0.988. The van der Waals surface area contributed by atoms with E-state index in [-0.39, 0.29) is 12.0 Å². The van der Waals surface area contributed by atoms with Crippen molar-refractivity contribution in [3.8, 4) is 5.75 Å². The van der Waals surface area contributed by atoms with Crippen LogP contribution in [0.15, 0.2) is 36.5 Å². The number of nitrogens with one attached hydrogen (secondary N) is 1. The maximum Gasteiger partial charge on any atom is 0.274 e. The topological polar surface area (TPSA) is 89.3 Å². The maximum absolute atomic E-state index is 12.8. The van der Waals surface area contributed by atoms with Crippen LogP contribution in [-0.4, -0.2) is 38.5 Å². The van der Waals surface area contributed by atoms with Crippen molar-refractivity contribution in [2.75, 3.05) is 11.9 Å². The molecule has 1 aromatic carbocycles. The van der Waals surface area contributed by atoms with E-state index < -0.39 is 0 Å². The summed E-state index contributed by atoms with van der Waals surface area (Å²) < 4.78 is 8.09. The number of aliphatic hydroxyl groups is 1. The van der Waals surface area contributed by atoms with Crippen LogP contribution in [0, 0.1) is 12.8 Å². The Labute approximate surface area is 181 Å². The first-order valence-corrected chi connectivity index (χ1v) is 11.1. The number of carbonyl (C=O) groups excluding carboxylic acids is 1. The fraction of sp³-hybridized carbons (Fsp3) is 0.458. The van der Waals surface area contributed by atoms with Gasteiger partial charge >= 0.3 is 0 Å². The zero-order valence-electron chi connectivity index (χ0n) is 17.8. The Morgan fingerprint density at radius 3 is 2.74 bits per heavy atom. The van der Waals surface area contributed by atoms with Gasteiger partial charge in [-0.1, -0.05) is 6.07 Å². The van der Waals surface area contributed by atoms with E-state index in [1.54, 1.807) is 6.07 Å². The highest BCUT2D eigenvalue weighted by Crippen LogP contribution is 2.35. The zero-order valence-corrected chi connectivity index (χ0v) is 17.8. The van der Waals surface area contributed by atoms with E-state index in [4.69, 9.17) is 9.84 Å². The minimum absolute atomic E-state index is 0.194. The lowest BCUT2D eigenvalue weighted by atomic mass is 9.93. The maximum atomic E-state index is 12.8. The predicted octanol–water partition coefficient (Wildman–Crippen LogP) is 4.26. The number of hydrogen-bond acceptors (Lipinski definition) is 5. The van der Waals surface area contributed by atoms with Crippen LogP contribution in [-0.2, 0) is 0 Å². The number of carbonyl (C=O) groups is 1. The fourth-order valence-corrected chi connectivity index (χ4v) is 4.15. The zero-order chi connectivity index (χ0) is 21.4. The highest BCUT2D eigenvalue weighted by Gasteiger charge is 2.24. The first-order valence-electron chi connectivity index (χ1n) is 11.1. The second-order valence-corrected chi connectivity index (χ2v) is 8.85. The van der Waals surface area contributed by atoms with Crippen LogP contribution in [0.4, 0.5) is 5.69 Å². The molecule has 0 spiro atoms. The molecule has 0 bridgehead atoms. The molecule has 7 heteroatoms. The molecule has 0 radical (unpaired) electrons. The van der Waals surface area contributed by atoms with Crippen LogP contribution in [0.3, 0.4) is 0 Å². The molecule has 2 aliphatic carbocycles. The third-order valence-corrected chi connectivity index (χ3v) is 6.20. The van der Waals surface area contributed by atoms with Gasteiger partial charge in [-0.05, 0) is 69.6 Å². The van der Waals surface area contributed by atoms with Crippen molar-refractivity contribution in [1.29, 1.82) is 0 Å². The van der Waals surface area contributed by atoms with Crippen LogP contribution in [0.25, 0.3) is 10.9 Å². The van der Waals surface area contributed by atoms with Gasteiger partial charge in [-0.2, -0.15) is 5.10 Å². The van der Waals surface area contributed by atoms with Crippen LogP contribution in [0.2, 0.25) is 0 Å². The third-order valence-electron chi connectivity index (χ3n) is 6.20. The number of aliphatic hydroxyl groups excluding tert-OH is 1. The van der Waals surface area contributed by atoms with Gasteiger partial charge in [0.2, 0.25) is 0 Å². The van der Waals surface area contributed by atoms with Crippen molar-refractivity contribution in [1.82, 2.24) is 14.8 Å². The molecular weight excluding hydrogens is 392 g/mol. The van der Waals surface area contributed by atoms with E-state index in [9.17, 15) is 9.90 Å². The van der Waals surface area contributed by atoms with Gasteiger partial charge in [-0.15, -0.1) is 0 Å². The van der Waals surface area contributed by atoms with Crippen LogP contribution in [0.1, 0.15) is 60.7 Å². The van der Waals surface area contributed by atoms with Gasteiger partial charge in [0.15, 0.2) is 0 Å². The normalized spacial score (nSPS) is 21.2. The van der Waals surface area contributed by atoms with Gasteiger partial charge in [0.25, 0.3) is 5.91 Å². The Hall–Kier alpha value is -2.93. The van der Waals surface area contributed by atoms with E-state index in [1.165, 1.54) is 12.8 Å². The van der Waals surface area contributed by atoms with Crippen molar-refractivity contribution >= 4 is 22.5 Å². The lowest BCUT2D eigenvalue weighted by Crippen LogP contribution is -2.21. The molecule has 0 saturated heterocycles. The number of aryl methyl sites for hydroxylation is 1. The number of amides is 1. The van der Waals surface area contributed by atoms with E-state index in [1.807, 2.05) is 42.1 Å². The van der Waals surface area contributed by atoms with Gasteiger partial charge in [0, 0.05) is 23.3 Å². The highest BCUT2D eigenvalue weighted by molar-refractivity contribution is 6.05. The molecule has 5 rings (SSSR count). The van der Waals surface area contributed by atoms with E-state index in [0.29, 0.717) is 35.7 Å². The second-order valence-electron chi connectivity index (χ2n) is 8.85. The summed E-state index contributed by atoms with van der Waals surface area (Å²) >= 11 is 0. The molecule has 2 N–H and O–H groups in total. The standard InChI is InChI=1S/C24H28N4O3/c1-15-3-2-4-20(25-15)24(30)26-22-11-17-13-28(18-7-9-19(29)10-8-18)27-21(17)12-23(22)31-14-16-5-6-16/h2-4,11-13,16,18-19,29H,5-10,14H2,1H3,(H,26,30)/t18-,19-. The molecule has 2 heterocycles. The van der Waals surface area contributed by atoms with Crippen LogP contribution < -0.4 is 10.1 Å². The Morgan fingerprint density at radius 1 is 1.19 bits per heavy atom. The minimum atomic E-state index is -0.256. The lowest BCUT2D eigenvalue weighted by Gasteiger charge is -2.25. The van der Waals surface area contributed by atoms with Gasteiger partial charge in [0.1, 0.15) is 11.4 Å². The molecular formula is C24H28N4O3. The van der Waals surface area contributed by atoms with E-state index in [0.717, 1.165) is 42.3 Å². The first kappa shape index (κ1) is 20.0. The number of hydrogen-bond donors (Lipinski definition) is 2. The van der Waals surface area contributed by atoms with Crippen molar-refractivity contribution in [3.05, 3.63) is 47.9 Å². The molecule has 2 saturated carbocycles. The number of benzene rings is 1. The van der Waals surface area contributed by atoms with Gasteiger partial charge in [0.05, 0.1) is 30.0 Å². The second kappa shape index (κ2) is 8.30. The molecule has 0 aliphatic heterocycles. The average Bonchev–Trinajstić information content (AvgIpc) is 3.50. The lowest BCUT2D eigenvalue weighted by molar-refractivity contribution is 0.102. The van der Waals surface area contributed by atoms with Crippen molar-refractivity contribution < 1.29 is 14.6 Å². The molecule has 7 nitrogen and oxygen atoms in total. The number of nitrogens with zero attached hydrogens (tertiary/aromatic N) is 3. The quantitative estimate of drug-likeness (QED) is 0.622. The van der Waals surface area contributed by atoms with E-state index in [2.05, 4.69) is 10.3 Å². The Kier molecular flexibility index (Phi) is 5.36. The summed E-state index contributed by atoms with van der Waals surface area (Å²) in [4.78, 5) is 17.1. The minimum Gasteiger partial charge on any atom is -0.491 e. The molecule has 162 valence electrons. The summed E-state index contributed by atoms with van der Waals surface area (Å²) in [7, 11) is 0. The number of pyridine rings is 1. The summed E-state index contributed by atoms with van der Waals surface area (Å²) in [6.07, 6.45) is 7.68. The SMILES string of the molecule is Cc1cccc(C(=O)Nc2cc3cn([C@H]4CC[C@H](O)CC4)nc3cc2OCC2CC2)n1. The summed E-state index contributed by atoms with van der Waals surface area (Å²) in [5.41, 5.74) is 2.67. The van der Waals surface area contributed by atoms with Crippen molar-refractivity contribution in [2.45, 2.75) is 57.6 Å². The van der Waals surface area contributed by atoms with E-state index >= 15 is 0 Å². The largest absolute Gasteiger partial charge is 0.491 e. The van der Waals surface area contributed by atoms with Crippen molar-refractivity contribution in [2.24, 2.45) is 5.92 Å². The van der Waals surface area contributed by atoms with Gasteiger partial charge in [-0.25, -0.2) is 4.98 Å². The number of ether oxygens (including phenoxy) is 1. The molecule has 2 aromatic heterocycles. The number of rotatable bonds is 6. The van der Waals surface area contributed by atoms with Crippen LogP contribution in [0.5, 0.6) is 5.75 Å². The van der Waals surface area contributed by atoms with Gasteiger partial charge < -0.3 is 15.2 Å². The number of aromatic nitrogens is 3. The number of fused-ring (bicyclic) bond motifs is 1. The molecule has 0 unspecified atom stereocenters. The summed E-state index contributed by atoms with van der Waals surface area (Å²) in [6, 6.07) is 9.56. The summed E-state index contributed by atoms with van der Waals surface area (Å²) in [6.45, 7) is 2.52. The van der Waals surface area contributed by atoms with Crippen molar-refractivity contribution in [3.63, 3.8) is 0 Å². The molecule has 1 amide bonds. The smallest absolute Gasteiger partial charge is 0.274 e. The van der Waals surface area contributed by atoms with Crippen LogP contribution >= 0.6 is 0 Å². The molecule has 2 aliphatic rings. The Balaban J connectivity index is 1.44. The Morgan fingerprint density at radius 2 is 2.00 bits per heavy atom. The van der Waals surface area contributed by atoms with Gasteiger partial charge in [-0.3, -0.25) is 9.48 Å². The number of anilines is 1. The summed E-state index contributed by atoms with van der Waals surface area (Å²) in [5, 5.41) is 18.5. The first-order chi connectivity index (χ1) is 15.0. The predicted molar refractivity (Wildman–Crippen MR) is 118 cm³/mol. The average molecular weight is 421 g/mol. The highest BCUT2D eigenvalue weighted by atomic mass is 16.5. The molecule has 2 fully saturated rings. The molecule has 3 aromatic rings.